The van der Waals surface area contributed by atoms with Gasteiger partial charge in [-0.2, -0.15) is 11.3 Å². The average Bonchev–Trinajstić information content (AvgIpc) is 3.15. The van der Waals surface area contributed by atoms with Crippen LogP contribution in [0, 0.1) is 0 Å². The number of hydrogen-bond donors (Lipinski definition) is 3. The highest BCUT2D eigenvalue weighted by Crippen LogP contribution is 2.15. The summed E-state index contributed by atoms with van der Waals surface area (Å²) < 4.78 is 1.82. The number of aryl methyl sites for hydroxylation is 1. The largest absolute Gasteiger partial charge is 0.387 e. The average molecular weight is 321 g/mol. The number of nitrogens with one attached hydrogen (secondary N) is 2. The molecule has 0 aliphatic rings. The first kappa shape index (κ1) is 16.3. The summed E-state index contributed by atoms with van der Waals surface area (Å²) >= 11 is 1.53. The van der Waals surface area contributed by atoms with Gasteiger partial charge in [0.15, 0.2) is 0 Å². The molecule has 0 bridgehead atoms. The van der Waals surface area contributed by atoms with E-state index in [4.69, 9.17) is 0 Å². The lowest BCUT2D eigenvalue weighted by Gasteiger charge is -2.12. The molecule has 0 aliphatic heterocycles. The normalized spacial score (nSPS) is 11.9. The minimum absolute atomic E-state index is 0.233. The summed E-state index contributed by atoms with van der Waals surface area (Å²) in [4.78, 5) is 23.2. The maximum atomic E-state index is 11.6. The van der Waals surface area contributed by atoms with Crippen molar-refractivity contribution in [1.82, 2.24) is 15.2 Å². The fourth-order valence-corrected chi connectivity index (χ4v) is 2.70. The van der Waals surface area contributed by atoms with E-state index in [-0.39, 0.29) is 6.54 Å². The molecule has 2 aromatic rings. The smallest absolute Gasteiger partial charge is 0.309 e. The molecule has 0 radical (unpaired) electrons. The Labute approximate surface area is 132 Å². The Morgan fingerprint density at radius 3 is 2.73 bits per heavy atom. The Bertz CT molecular complexity index is 622. The minimum atomic E-state index is -0.686. The predicted molar refractivity (Wildman–Crippen MR) is 84.2 cm³/mol. The van der Waals surface area contributed by atoms with E-state index < -0.39 is 17.9 Å². The SMILES string of the molecule is Cn1cccc1C(O)CCNC(=O)C(=O)NCc1ccsc1. The quantitative estimate of drug-likeness (QED) is 0.693. The molecule has 3 N–H and O–H groups in total. The molecule has 2 heterocycles. The number of carbonyl (C=O) groups is 2. The Hall–Kier alpha value is -2.12. The molecule has 0 saturated heterocycles. The first-order valence-corrected chi connectivity index (χ1v) is 7.88. The van der Waals surface area contributed by atoms with Crippen LogP contribution in [0.4, 0.5) is 0 Å². The number of aliphatic hydroxyl groups is 1. The summed E-state index contributed by atoms with van der Waals surface area (Å²) in [5, 5.41) is 18.9. The van der Waals surface area contributed by atoms with Gasteiger partial charge in [-0.05, 0) is 40.9 Å². The van der Waals surface area contributed by atoms with Crippen LogP contribution in [-0.2, 0) is 23.2 Å². The summed E-state index contributed by atoms with van der Waals surface area (Å²) in [6, 6.07) is 5.55. The second-order valence-electron chi connectivity index (χ2n) is 4.92. The van der Waals surface area contributed by atoms with Crippen LogP contribution in [0.3, 0.4) is 0 Å². The second-order valence-corrected chi connectivity index (χ2v) is 5.70. The number of rotatable bonds is 6. The number of aromatic nitrogens is 1. The van der Waals surface area contributed by atoms with Crippen LogP contribution in [0.5, 0.6) is 0 Å². The molecule has 0 spiro atoms. The van der Waals surface area contributed by atoms with Crippen LogP contribution in [0.1, 0.15) is 23.8 Å². The van der Waals surface area contributed by atoms with Gasteiger partial charge in [0.2, 0.25) is 0 Å². The summed E-state index contributed by atoms with van der Waals surface area (Å²) in [5.74, 6) is -1.35. The van der Waals surface area contributed by atoms with Crippen LogP contribution < -0.4 is 10.6 Å². The number of thiophene rings is 1. The Balaban J connectivity index is 1.68. The fraction of sp³-hybridized carbons (Fsp3) is 0.333. The number of carbonyl (C=O) groups excluding carboxylic acids is 2. The topological polar surface area (TPSA) is 83.4 Å². The highest BCUT2D eigenvalue weighted by atomic mass is 32.1. The van der Waals surface area contributed by atoms with Gasteiger partial charge in [-0.3, -0.25) is 9.59 Å². The lowest BCUT2D eigenvalue weighted by molar-refractivity contribution is -0.139. The molecule has 0 aromatic carbocycles. The van der Waals surface area contributed by atoms with Crippen molar-refractivity contribution in [2.24, 2.45) is 7.05 Å². The van der Waals surface area contributed by atoms with E-state index in [1.807, 2.05) is 46.8 Å². The molecule has 1 unspecified atom stereocenters. The van der Waals surface area contributed by atoms with Gasteiger partial charge in [0.05, 0.1) is 6.10 Å². The summed E-state index contributed by atoms with van der Waals surface area (Å²) in [6.07, 6.45) is 1.52. The van der Waals surface area contributed by atoms with Crippen LogP contribution in [-0.4, -0.2) is 28.0 Å². The first-order valence-electron chi connectivity index (χ1n) is 6.94. The molecule has 0 aliphatic carbocycles. The molecule has 2 amide bonds. The zero-order valence-corrected chi connectivity index (χ0v) is 13.1. The number of aliphatic hydroxyl groups excluding tert-OH is 1. The van der Waals surface area contributed by atoms with Crippen LogP contribution in [0.15, 0.2) is 35.2 Å². The third kappa shape index (κ3) is 4.44. The Kier molecular flexibility index (Phi) is 5.74. The maximum absolute atomic E-state index is 11.6. The van der Waals surface area contributed by atoms with Crippen molar-refractivity contribution < 1.29 is 14.7 Å². The van der Waals surface area contributed by atoms with Gasteiger partial charge in [-0.15, -0.1) is 0 Å². The number of hydrogen-bond acceptors (Lipinski definition) is 4. The van der Waals surface area contributed by atoms with E-state index in [1.54, 1.807) is 0 Å². The van der Waals surface area contributed by atoms with Crippen LogP contribution in [0.2, 0.25) is 0 Å². The lowest BCUT2D eigenvalue weighted by Crippen LogP contribution is -2.40. The molecular weight excluding hydrogens is 302 g/mol. The molecule has 118 valence electrons. The van der Waals surface area contributed by atoms with Crippen LogP contribution >= 0.6 is 11.3 Å². The van der Waals surface area contributed by atoms with Crippen molar-refractivity contribution in [3.05, 3.63) is 46.4 Å². The van der Waals surface area contributed by atoms with Gasteiger partial charge >= 0.3 is 11.8 Å². The molecule has 22 heavy (non-hydrogen) atoms. The van der Waals surface area contributed by atoms with E-state index in [9.17, 15) is 14.7 Å². The summed E-state index contributed by atoms with van der Waals surface area (Å²) in [5.41, 5.74) is 1.74. The summed E-state index contributed by atoms with van der Waals surface area (Å²) in [7, 11) is 1.84. The molecular formula is C15H19N3O3S. The molecule has 2 rings (SSSR count). The molecule has 6 nitrogen and oxygen atoms in total. The summed E-state index contributed by atoms with van der Waals surface area (Å²) in [6.45, 7) is 0.568. The molecule has 0 fully saturated rings. The van der Waals surface area contributed by atoms with Crippen molar-refractivity contribution in [1.29, 1.82) is 0 Å². The van der Waals surface area contributed by atoms with E-state index in [2.05, 4.69) is 10.6 Å². The first-order chi connectivity index (χ1) is 10.6. The van der Waals surface area contributed by atoms with Gasteiger partial charge in [-0.25, -0.2) is 0 Å². The number of nitrogens with zero attached hydrogens (tertiary/aromatic N) is 1. The minimum Gasteiger partial charge on any atom is -0.387 e. The standard InChI is InChI=1S/C15H19N3O3S/c1-18-7-2-3-12(18)13(19)4-6-16-14(20)15(21)17-9-11-5-8-22-10-11/h2-3,5,7-8,10,13,19H,4,6,9H2,1H3,(H,16,20)(H,17,21). The third-order valence-corrected chi connectivity index (χ3v) is 4.00. The predicted octanol–water partition coefficient (Wildman–Crippen LogP) is 0.943. The van der Waals surface area contributed by atoms with Crippen molar-refractivity contribution in [2.75, 3.05) is 6.54 Å². The van der Waals surface area contributed by atoms with Crippen LogP contribution in [0.25, 0.3) is 0 Å². The van der Waals surface area contributed by atoms with E-state index in [0.29, 0.717) is 13.0 Å². The molecule has 2 aromatic heterocycles. The van der Waals surface area contributed by atoms with E-state index in [1.165, 1.54) is 11.3 Å². The maximum Gasteiger partial charge on any atom is 0.309 e. The highest BCUT2D eigenvalue weighted by Gasteiger charge is 2.15. The van der Waals surface area contributed by atoms with E-state index in [0.717, 1.165) is 11.3 Å². The van der Waals surface area contributed by atoms with Gasteiger partial charge in [0.25, 0.3) is 0 Å². The zero-order chi connectivity index (χ0) is 15.9. The highest BCUT2D eigenvalue weighted by molar-refractivity contribution is 7.07. The second kappa shape index (κ2) is 7.77. The van der Waals surface area contributed by atoms with E-state index >= 15 is 0 Å². The van der Waals surface area contributed by atoms with Crippen molar-refractivity contribution >= 4 is 23.2 Å². The van der Waals surface area contributed by atoms with Crippen molar-refractivity contribution in [3.8, 4) is 0 Å². The van der Waals surface area contributed by atoms with Gasteiger partial charge in [0, 0.05) is 32.0 Å². The lowest BCUT2D eigenvalue weighted by atomic mass is 10.2. The number of amides is 2. The molecule has 1 atom stereocenters. The van der Waals surface area contributed by atoms with Gasteiger partial charge in [0.1, 0.15) is 0 Å². The Morgan fingerprint density at radius 2 is 2.09 bits per heavy atom. The monoisotopic (exact) mass is 321 g/mol. The van der Waals surface area contributed by atoms with Gasteiger partial charge in [-0.1, -0.05) is 0 Å². The van der Waals surface area contributed by atoms with Crippen molar-refractivity contribution in [3.63, 3.8) is 0 Å². The molecule has 0 saturated carbocycles. The third-order valence-electron chi connectivity index (χ3n) is 3.27. The van der Waals surface area contributed by atoms with Crippen molar-refractivity contribution in [2.45, 2.75) is 19.1 Å². The zero-order valence-electron chi connectivity index (χ0n) is 12.3. The molecule has 7 heteroatoms. The van der Waals surface area contributed by atoms with Gasteiger partial charge < -0.3 is 20.3 Å². The fourth-order valence-electron chi connectivity index (χ4n) is 2.03. The Morgan fingerprint density at radius 1 is 1.32 bits per heavy atom.